The molecule has 1 rings (SSSR count). The predicted molar refractivity (Wildman–Crippen MR) is 90.3 cm³/mol. The van der Waals surface area contributed by atoms with Gasteiger partial charge >= 0.3 is 12.1 Å². The number of amides is 3. The van der Waals surface area contributed by atoms with Crippen LogP contribution >= 0.6 is 0 Å². The van der Waals surface area contributed by atoms with Crippen LogP contribution in [0.4, 0.5) is 9.59 Å². The number of carbonyl (C=O) groups excluding carboxylic acids is 2. The van der Waals surface area contributed by atoms with Gasteiger partial charge in [0.05, 0.1) is 0 Å². The van der Waals surface area contributed by atoms with E-state index >= 15 is 0 Å². The van der Waals surface area contributed by atoms with Gasteiger partial charge in [-0.3, -0.25) is 0 Å². The van der Waals surface area contributed by atoms with E-state index in [4.69, 9.17) is 4.74 Å². The zero-order chi connectivity index (χ0) is 17.5. The first-order valence-corrected chi connectivity index (χ1v) is 7.69. The lowest BCUT2D eigenvalue weighted by Crippen LogP contribution is -2.42. The molecule has 0 saturated heterocycles. The summed E-state index contributed by atoms with van der Waals surface area (Å²) in [5.41, 5.74) is 1.70. The lowest BCUT2D eigenvalue weighted by Gasteiger charge is -2.24. The first kappa shape index (κ1) is 18.8. The fourth-order valence-electron chi connectivity index (χ4n) is 1.72. The average molecular weight is 321 g/mol. The number of likely N-dealkylation sites (N-methyl/N-ethyl adjacent to an activating group) is 1. The van der Waals surface area contributed by atoms with Crippen molar-refractivity contribution in [2.75, 3.05) is 20.1 Å². The van der Waals surface area contributed by atoms with Crippen molar-refractivity contribution in [3.8, 4) is 0 Å². The number of aryl methyl sites for hydroxylation is 1. The van der Waals surface area contributed by atoms with E-state index in [1.807, 2.05) is 52.0 Å². The van der Waals surface area contributed by atoms with E-state index in [9.17, 15) is 9.59 Å². The minimum absolute atomic E-state index is 0.261. The summed E-state index contributed by atoms with van der Waals surface area (Å²) < 4.78 is 5.23. The molecule has 0 unspecified atom stereocenters. The molecule has 128 valence electrons. The summed E-state index contributed by atoms with van der Waals surface area (Å²) >= 11 is 0. The number of ether oxygens (including phenoxy) is 1. The van der Waals surface area contributed by atoms with Crippen molar-refractivity contribution in [1.82, 2.24) is 15.5 Å². The third kappa shape index (κ3) is 8.09. The molecule has 3 amide bonds. The third-order valence-corrected chi connectivity index (χ3v) is 3.01. The molecule has 0 heterocycles. The van der Waals surface area contributed by atoms with Crippen LogP contribution in [0.25, 0.3) is 0 Å². The Bertz CT molecular complexity index is 521. The molecule has 0 atom stereocenters. The second-order valence-corrected chi connectivity index (χ2v) is 6.50. The maximum Gasteiger partial charge on any atom is 0.410 e. The Morgan fingerprint density at radius 2 is 1.74 bits per heavy atom. The molecule has 6 heteroatoms. The van der Waals surface area contributed by atoms with E-state index in [2.05, 4.69) is 10.6 Å². The highest BCUT2D eigenvalue weighted by Gasteiger charge is 2.19. The van der Waals surface area contributed by atoms with Crippen molar-refractivity contribution in [3.63, 3.8) is 0 Å². The van der Waals surface area contributed by atoms with Gasteiger partial charge in [-0.1, -0.05) is 29.8 Å². The summed E-state index contributed by atoms with van der Waals surface area (Å²) in [6.45, 7) is 8.67. The van der Waals surface area contributed by atoms with E-state index < -0.39 is 11.7 Å². The number of hydrogen-bond acceptors (Lipinski definition) is 3. The molecular weight excluding hydrogens is 294 g/mol. The van der Waals surface area contributed by atoms with Gasteiger partial charge in [0.15, 0.2) is 0 Å². The van der Waals surface area contributed by atoms with E-state index in [1.165, 1.54) is 10.5 Å². The minimum atomic E-state index is -0.524. The first-order valence-electron chi connectivity index (χ1n) is 7.69. The van der Waals surface area contributed by atoms with Crippen molar-refractivity contribution in [3.05, 3.63) is 35.4 Å². The molecule has 6 nitrogen and oxygen atoms in total. The number of nitrogens with zero attached hydrogens (tertiary/aromatic N) is 1. The standard InChI is InChI=1S/C17H27N3O3/c1-13-6-8-14(9-7-13)12-19-15(21)18-10-11-20(5)16(22)23-17(2,3)4/h6-9H,10-12H2,1-5H3,(H2,18,19,21). The van der Waals surface area contributed by atoms with E-state index in [0.29, 0.717) is 19.6 Å². The zero-order valence-electron chi connectivity index (χ0n) is 14.6. The lowest BCUT2D eigenvalue weighted by molar-refractivity contribution is 0.0301. The van der Waals surface area contributed by atoms with Crippen LogP contribution in [-0.4, -0.2) is 42.8 Å². The molecule has 0 spiro atoms. The van der Waals surface area contributed by atoms with Crippen molar-refractivity contribution in [2.45, 2.75) is 39.8 Å². The van der Waals surface area contributed by atoms with E-state index in [0.717, 1.165) is 5.56 Å². The largest absolute Gasteiger partial charge is 0.444 e. The smallest absolute Gasteiger partial charge is 0.410 e. The summed E-state index contributed by atoms with van der Waals surface area (Å²) in [7, 11) is 1.64. The van der Waals surface area contributed by atoms with Crippen LogP contribution in [0.15, 0.2) is 24.3 Å². The van der Waals surface area contributed by atoms with E-state index in [-0.39, 0.29) is 6.03 Å². The Morgan fingerprint density at radius 3 is 2.30 bits per heavy atom. The fourth-order valence-corrected chi connectivity index (χ4v) is 1.72. The molecule has 0 aromatic heterocycles. The first-order chi connectivity index (χ1) is 10.7. The van der Waals surface area contributed by atoms with Gasteiger partial charge in [0.1, 0.15) is 5.60 Å². The van der Waals surface area contributed by atoms with Crippen molar-refractivity contribution in [1.29, 1.82) is 0 Å². The van der Waals surface area contributed by atoms with Gasteiger partial charge in [0.25, 0.3) is 0 Å². The van der Waals surface area contributed by atoms with Crippen molar-refractivity contribution in [2.24, 2.45) is 0 Å². The van der Waals surface area contributed by atoms with E-state index in [1.54, 1.807) is 7.05 Å². The number of nitrogens with one attached hydrogen (secondary N) is 2. The van der Waals surface area contributed by atoms with Crippen LogP contribution in [-0.2, 0) is 11.3 Å². The Balaban J connectivity index is 2.23. The summed E-state index contributed by atoms with van der Waals surface area (Å²) in [5, 5.41) is 5.49. The maximum atomic E-state index is 11.7. The number of hydrogen-bond donors (Lipinski definition) is 2. The number of rotatable bonds is 5. The van der Waals surface area contributed by atoms with Gasteiger partial charge in [0.2, 0.25) is 0 Å². The maximum absolute atomic E-state index is 11.7. The summed E-state index contributed by atoms with van der Waals surface area (Å²) in [6, 6.07) is 7.70. The quantitative estimate of drug-likeness (QED) is 0.876. The van der Waals surface area contributed by atoms with Crippen LogP contribution in [0.3, 0.4) is 0 Å². The number of carbonyl (C=O) groups is 2. The van der Waals surface area contributed by atoms with Gasteiger partial charge in [-0.15, -0.1) is 0 Å². The van der Waals surface area contributed by atoms with Gasteiger partial charge in [0, 0.05) is 26.7 Å². The summed E-state index contributed by atoms with van der Waals surface area (Å²) in [5.74, 6) is 0. The molecule has 0 saturated carbocycles. The second kappa shape index (κ2) is 8.41. The van der Waals surface area contributed by atoms with Crippen LogP contribution in [0.1, 0.15) is 31.9 Å². The number of urea groups is 1. The molecule has 0 aliphatic heterocycles. The SMILES string of the molecule is Cc1ccc(CNC(=O)NCCN(C)C(=O)OC(C)(C)C)cc1. The van der Waals surface area contributed by atoms with Crippen LogP contribution in [0, 0.1) is 6.92 Å². The highest BCUT2D eigenvalue weighted by Crippen LogP contribution is 2.08. The van der Waals surface area contributed by atoms with Crippen molar-refractivity contribution < 1.29 is 14.3 Å². The highest BCUT2D eigenvalue weighted by molar-refractivity contribution is 5.74. The normalized spacial score (nSPS) is 10.8. The Labute approximate surface area is 138 Å². The Hall–Kier alpha value is -2.24. The zero-order valence-corrected chi connectivity index (χ0v) is 14.6. The van der Waals surface area contributed by atoms with Gasteiger partial charge in [-0.05, 0) is 33.3 Å². The number of benzene rings is 1. The van der Waals surface area contributed by atoms with Crippen molar-refractivity contribution >= 4 is 12.1 Å². The second-order valence-electron chi connectivity index (χ2n) is 6.50. The Kier molecular flexibility index (Phi) is 6.88. The third-order valence-electron chi connectivity index (χ3n) is 3.01. The molecule has 0 aliphatic carbocycles. The molecular formula is C17H27N3O3. The molecule has 2 N–H and O–H groups in total. The molecule has 1 aromatic rings. The lowest BCUT2D eigenvalue weighted by atomic mass is 10.1. The molecule has 0 aliphatic rings. The summed E-state index contributed by atoms with van der Waals surface area (Å²) in [4.78, 5) is 24.9. The highest BCUT2D eigenvalue weighted by atomic mass is 16.6. The molecule has 1 aromatic carbocycles. The van der Waals surface area contributed by atoms with Crippen LogP contribution < -0.4 is 10.6 Å². The van der Waals surface area contributed by atoms with Crippen LogP contribution in [0.5, 0.6) is 0 Å². The molecule has 23 heavy (non-hydrogen) atoms. The average Bonchev–Trinajstić information content (AvgIpc) is 2.44. The molecule has 0 fully saturated rings. The monoisotopic (exact) mass is 321 g/mol. The van der Waals surface area contributed by atoms with Gasteiger partial charge < -0.3 is 20.3 Å². The summed E-state index contributed by atoms with van der Waals surface area (Å²) in [6.07, 6.45) is -0.403. The van der Waals surface area contributed by atoms with Gasteiger partial charge in [-0.2, -0.15) is 0 Å². The minimum Gasteiger partial charge on any atom is -0.444 e. The topological polar surface area (TPSA) is 70.7 Å². The Morgan fingerprint density at radius 1 is 1.13 bits per heavy atom. The van der Waals surface area contributed by atoms with Crippen LogP contribution in [0.2, 0.25) is 0 Å². The van der Waals surface area contributed by atoms with Gasteiger partial charge in [-0.25, -0.2) is 9.59 Å². The molecule has 0 radical (unpaired) electrons. The molecule has 0 bridgehead atoms. The predicted octanol–water partition coefficient (Wildman–Crippen LogP) is 2.66. The fraction of sp³-hybridized carbons (Fsp3) is 0.529.